The van der Waals surface area contributed by atoms with Crippen molar-refractivity contribution < 1.29 is 23.5 Å². The molecule has 0 aliphatic rings. The normalized spacial score (nSPS) is 10.6. The van der Waals surface area contributed by atoms with Crippen molar-refractivity contribution in [3.05, 3.63) is 88.7 Å². The number of carbonyl (C=O) groups is 2. The van der Waals surface area contributed by atoms with Gasteiger partial charge in [0.15, 0.2) is 18.1 Å². The highest BCUT2D eigenvalue weighted by atomic mass is 35.5. The molecular weight excluding hydrogens is 437 g/mol. The first-order chi connectivity index (χ1) is 15.5. The summed E-state index contributed by atoms with van der Waals surface area (Å²) in [5, 5.41) is 6.50. The van der Waals surface area contributed by atoms with Crippen LogP contribution in [0.3, 0.4) is 0 Å². The Morgan fingerprint density at radius 2 is 1.81 bits per heavy atom. The molecule has 3 aromatic rings. The molecule has 0 aliphatic carbocycles. The molecule has 164 valence electrons. The van der Waals surface area contributed by atoms with Crippen molar-refractivity contribution in [2.24, 2.45) is 5.10 Å². The van der Waals surface area contributed by atoms with Crippen molar-refractivity contribution in [1.29, 1.82) is 0 Å². The zero-order chi connectivity index (χ0) is 22.9. The van der Waals surface area contributed by atoms with E-state index in [1.807, 2.05) is 6.07 Å². The molecule has 0 heterocycles. The molecular formula is C23H19ClFN3O4. The first-order valence-corrected chi connectivity index (χ1v) is 9.79. The Balaban J connectivity index is 1.63. The Morgan fingerprint density at radius 1 is 1.09 bits per heavy atom. The van der Waals surface area contributed by atoms with Gasteiger partial charge in [0.05, 0.1) is 24.0 Å². The molecule has 3 aromatic carbocycles. The molecule has 0 fully saturated rings. The smallest absolute Gasteiger partial charge is 0.271 e. The second-order valence-electron chi connectivity index (χ2n) is 6.42. The summed E-state index contributed by atoms with van der Waals surface area (Å²) in [6.45, 7) is -0.412. The fraction of sp³-hybridized carbons (Fsp3) is 0.0870. The number of halogens is 2. The van der Waals surface area contributed by atoms with Crippen LogP contribution in [-0.2, 0) is 4.79 Å². The van der Waals surface area contributed by atoms with Crippen molar-refractivity contribution in [2.45, 2.75) is 0 Å². The maximum atomic E-state index is 13.7. The molecule has 0 aliphatic heterocycles. The van der Waals surface area contributed by atoms with Crippen LogP contribution in [0.5, 0.6) is 11.5 Å². The van der Waals surface area contributed by atoms with E-state index in [4.69, 9.17) is 21.1 Å². The third-order valence-corrected chi connectivity index (χ3v) is 4.44. The van der Waals surface area contributed by atoms with E-state index in [0.29, 0.717) is 11.1 Å². The Labute approximate surface area is 188 Å². The number of nitrogens with zero attached hydrogens (tertiary/aromatic N) is 1. The largest absolute Gasteiger partial charge is 0.493 e. The lowest BCUT2D eigenvalue weighted by molar-refractivity contribution is -0.118. The van der Waals surface area contributed by atoms with Crippen molar-refractivity contribution >= 4 is 35.3 Å². The standard InChI is InChI=1S/C23H19ClFN3O4/c1-31-20-12-15(13-26-28-23(30)16-7-3-2-4-8-16)11-17(24)22(20)32-14-21(29)27-19-10-6-5-9-18(19)25/h2-13H,14H2,1H3,(H,27,29)(H,28,30). The fourth-order valence-corrected chi connectivity index (χ4v) is 2.93. The number of ether oxygens (including phenoxy) is 2. The van der Waals surface area contributed by atoms with E-state index in [2.05, 4.69) is 15.8 Å². The van der Waals surface area contributed by atoms with E-state index in [0.717, 1.165) is 0 Å². The van der Waals surface area contributed by atoms with Crippen LogP contribution in [-0.4, -0.2) is 31.7 Å². The number of hydrogen-bond donors (Lipinski definition) is 2. The number of rotatable bonds is 8. The third kappa shape index (κ3) is 6.05. The third-order valence-electron chi connectivity index (χ3n) is 4.16. The molecule has 2 N–H and O–H groups in total. The maximum absolute atomic E-state index is 13.7. The van der Waals surface area contributed by atoms with Crippen LogP contribution >= 0.6 is 11.6 Å². The molecule has 0 saturated carbocycles. The molecule has 9 heteroatoms. The number of methoxy groups -OCH3 is 1. The fourth-order valence-electron chi connectivity index (χ4n) is 2.66. The first-order valence-electron chi connectivity index (χ1n) is 9.41. The zero-order valence-electron chi connectivity index (χ0n) is 17.0. The Morgan fingerprint density at radius 3 is 2.53 bits per heavy atom. The van der Waals surface area contributed by atoms with Gasteiger partial charge in [0, 0.05) is 5.56 Å². The van der Waals surface area contributed by atoms with Crippen LogP contribution < -0.4 is 20.2 Å². The molecule has 0 radical (unpaired) electrons. The summed E-state index contributed by atoms with van der Waals surface area (Å²) >= 11 is 6.27. The Hall–Kier alpha value is -3.91. The molecule has 32 heavy (non-hydrogen) atoms. The maximum Gasteiger partial charge on any atom is 0.271 e. The number of amides is 2. The molecule has 3 rings (SSSR count). The van der Waals surface area contributed by atoms with Crippen molar-refractivity contribution in [3.8, 4) is 11.5 Å². The van der Waals surface area contributed by atoms with E-state index in [-0.39, 0.29) is 28.1 Å². The number of benzene rings is 3. The molecule has 0 bridgehead atoms. The minimum absolute atomic E-state index is 0.0447. The van der Waals surface area contributed by atoms with Gasteiger partial charge in [0.2, 0.25) is 0 Å². The summed E-state index contributed by atoms with van der Waals surface area (Å²) in [4.78, 5) is 24.1. The quantitative estimate of drug-likeness (QED) is 0.392. The molecule has 0 saturated heterocycles. The van der Waals surface area contributed by atoms with Crippen LogP contribution in [0.2, 0.25) is 5.02 Å². The predicted octanol–water partition coefficient (Wildman–Crippen LogP) is 4.27. The number of hydrazone groups is 1. The molecule has 0 unspecified atom stereocenters. The van der Waals surface area contributed by atoms with E-state index in [1.54, 1.807) is 36.4 Å². The lowest BCUT2D eigenvalue weighted by atomic mass is 10.2. The number of anilines is 1. The summed E-state index contributed by atoms with van der Waals surface area (Å²) in [5.74, 6) is -1.09. The van der Waals surface area contributed by atoms with Gasteiger partial charge in [-0.05, 0) is 42.0 Å². The Kier molecular flexibility index (Phi) is 7.77. The van der Waals surface area contributed by atoms with Gasteiger partial charge in [-0.15, -0.1) is 0 Å². The van der Waals surface area contributed by atoms with Crippen LogP contribution in [0, 0.1) is 5.82 Å². The average molecular weight is 456 g/mol. The average Bonchev–Trinajstić information content (AvgIpc) is 2.80. The number of hydrogen-bond acceptors (Lipinski definition) is 5. The zero-order valence-corrected chi connectivity index (χ0v) is 17.7. The minimum Gasteiger partial charge on any atom is -0.493 e. The lowest BCUT2D eigenvalue weighted by Crippen LogP contribution is -2.21. The van der Waals surface area contributed by atoms with Crippen LogP contribution in [0.25, 0.3) is 0 Å². The van der Waals surface area contributed by atoms with Gasteiger partial charge in [-0.25, -0.2) is 9.82 Å². The number of nitrogens with one attached hydrogen (secondary N) is 2. The summed E-state index contributed by atoms with van der Waals surface area (Å²) in [6.07, 6.45) is 1.39. The van der Waals surface area contributed by atoms with Gasteiger partial charge in [-0.2, -0.15) is 5.10 Å². The van der Waals surface area contributed by atoms with Gasteiger partial charge in [0.25, 0.3) is 11.8 Å². The second-order valence-corrected chi connectivity index (χ2v) is 6.82. The summed E-state index contributed by atoms with van der Waals surface area (Å²) in [6, 6.07) is 17.5. The predicted molar refractivity (Wildman–Crippen MR) is 120 cm³/mol. The van der Waals surface area contributed by atoms with Crippen LogP contribution in [0.1, 0.15) is 15.9 Å². The molecule has 0 atom stereocenters. The van der Waals surface area contributed by atoms with E-state index in [1.165, 1.54) is 37.6 Å². The van der Waals surface area contributed by atoms with Crippen molar-refractivity contribution in [3.63, 3.8) is 0 Å². The van der Waals surface area contributed by atoms with E-state index < -0.39 is 18.3 Å². The van der Waals surface area contributed by atoms with Gasteiger partial charge >= 0.3 is 0 Å². The topological polar surface area (TPSA) is 89.0 Å². The van der Waals surface area contributed by atoms with E-state index >= 15 is 0 Å². The monoisotopic (exact) mass is 455 g/mol. The highest BCUT2D eigenvalue weighted by molar-refractivity contribution is 6.32. The van der Waals surface area contributed by atoms with Crippen molar-refractivity contribution in [2.75, 3.05) is 19.0 Å². The van der Waals surface area contributed by atoms with Crippen LogP contribution in [0.4, 0.5) is 10.1 Å². The lowest BCUT2D eigenvalue weighted by Gasteiger charge is -2.13. The Bertz CT molecular complexity index is 1140. The molecule has 2 amide bonds. The van der Waals surface area contributed by atoms with Gasteiger partial charge in [-0.3, -0.25) is 9.59 Å². The minimum atomic E-state index is -0.567. The summed E-state index contributed by atoms with van der Waals surface area (Å²) in [5.41, 5.74) is 3.46. The van der Waals surface area contributed by atoms with Gasteiger partial charge < -0.3 is 14.8 Å². The molecule has 0 spiro atoms. The number of carbonyl (C=O) groups excluding carboxylic acids is 2. The van der Waals surface area contributed by atoms with Gasteiger partial charge in [-0.1, -0.05) is 41.9 Å². The summed E-state index contributed by atoms with van der Waals surface area (Å²) < 4.78 is 24.4. The molecule has 0 aromatic heterocycles. The van der Waals surface area contributed by atoms with Gasteiger partial charge in [0.1, 0.15) is 5.82 Å². The number of para-hydroxylation sites is 1. The van der Waals surface area contributed by atoms with Crippen LogP contribution in [0.15, 0.2) is 71.8 Å². The highest BCUT2D eigenvalue weighted by Crippen LogP contribution is 2.36. The second kappa shape index (κ2) is 10.9. The van der Waals surface area contributed by atoms with E-state index in [9.17, 15) is 14.0 Å². The van der Waals surface area contributed by atoms with Crippen molar-refractivity contribution in [1.82, 2.24) is 5.43 Å². The highest BCUT2D eigenvalue weighted by Gasteiger charge is 2.14. The summed E-state index contributed by atoms with van der Waals surface area (Å²) in [7, 11) is 1.41. The molecule has 7 nitrogen and oxygen atoms in total. The first kappa shape index (κ1) is 22.8. The SMILES string of the molecule is COc1cc(C=NNC(=O)c2ccccc2)cc(Cl)c1OCC(=O)Nc1ccccc1F.